The number of allylic oxidation sites excluding steroid dienone is 1. The summed E-state index contributed by atoms with van der Waals surface area (Å²) in [6, 6.07) is -0.193. The maximum atomic E-state index is 11.2. The highest BCUT2D eigenvalue weighted by molar-refractivity contribution is 5.74. The van der Waals surface area contributed by atoms with Gasteiger partial charge in [0.25, 0.3) is 0 Å². The summed E-state index contributed by atoms with van der Waals surface area (Å²) >= 11 is 0. The van der Waals surface area contributed by atoms with Crippen LogP contribution in [0.2, 0.25) is 0 Å². The first kappa shape index (κ1) is 12.0. The van der Waals surface area contributed by atoms with Gasteiger partial charge in [-0.1, -0.05) is 12.5 Å². The summed E-state index contributed by atoms with van der Waals surface area (Å²) in [6.07, 6.45) is 2.61. The van der Waals surface area contributed by atoms with Gasteiger partial charge < -0.3 is 15.3 Å². The van der Waals surface area contributed by atoms with Gasteiger partial charge in [-0.2, -0.15) is 0 Å². The molecule has 0 aliphatic carbocycles. The fourth-order valence-corrected chi connectivity index (χ4v) is 0.649. The van der Waals surface area contributed by atoms with E-state index in [4.69, 9.17) is 5.11 Å². The Morgan fingerprint density at radius 1 is 1.62 bits per heavy atom. The fourth-order valence-electron chi connectivity index (χ4n) is 0.649. The highest BCUT2D eigenvalue weighted by Crippen LogP contribution is 1.95. The smallest absolute Gasteiger partial charge is 0.321 e. The second-order valence-corrected chi connectivity index (χ2v) is 2.94. The number of nitrogens with one attached hydrogen (secondary N) is 1. The standard InChI is InChI=1S/C9H18N2O2/c1-4-8(2)7-10-9(13)11(3)5-6-12/h7,12H,4-6H2,1-3H3,(H,10,13)/b8-7+. The monoisotopic (exact) mass is 186 g/mol. The number of rotatable bonds is 4. The predicted molar refractivity (Wildman–Crippen MR) is 52.3 cm³/mol. The highest BCUT2D eigenvalue weighted by atomic mass is 16.3. The average Bonchev–Trinajstić information content (AvgIpc) is 2.13. The topological polar surface area (TPSA) is 52.6 Å². The molecule has 2 amide bonds. The van der Waals surface area contributed by atoms with Crippen LogP contribution in [0, 0.1) is 0 Å². The van der Waals surface area contributed by atoms with Crippen molar-refractivity contribution >= 4 is 6.03 Å². The van der Waals surface area contributed by atoms with Crippen LogP contribution in [0.15, 0.2) is 11.8 Å². The Morgan fingerprint density at radius 3 is 2.69 bits per heavy atom. The zero-order valence-corrected chi connectivity index (χ0v) is 8.50. The number of aliphatic hydroxyl groups excluding tert-OH is 1. The molecule has 0 radical (unpaired) electrons. The van der Waals surface area contributed by atoms with E-state index < -0.39 is 0 Å². The van der Waals surface area contributed by atoms with Crippen molar-refractivity contribution in [1.29, 1.82) is 0 Å². The van der Waals surface area contributed by atoms with Crippen molar-refractivity contribution in [2.75, 3.05) is 20.2 Å². The van der Waals surface area contributed by atoms with E-state index in [1.54, 1.807) is 13.2 Å². The van der Waals surface area contributed by atoms with E-state index in [0.717, 1.165) is 12.0 Å². The zero-order chi connectivity index (χ0) is 10.3. The number of nitrogens with zero attached hydrogens (tertiary/aromatic N) is 1. The van der Waals surface area contributed by atoms with Crippen LogP contribution >= 0.6 is 0 Å². The van der Waals surface area contributed by atoms with Gasteiger partial charge in [-0.15, -0.1) is 0 Å². The summed E-state index contributed by atoms with van der Waals surface area (Å²) in [5, 5.41) is 11.2. The first-order valence-electron chi connectivity index (χ1n) is 4.40. The Labute approximate surface area is 79.2 Å². The first-order valence-corrected chi connectivity index (χ1v) is 4.40. The number of carbonyl (C=O) groups excluding carboxylic acids is 1. The lowest BCUT2D eigenvalue weighted by Crippen LogP contribution is -2.36. The summed E-state index contributed by atoms with van der Waals surface area (Å²) < 4.78 is 0. The van der Waals surface area contributed by atoms with Gasteiger partial charge in [0.05, 0.1) is 6.61 Å². The Hall–Kier alpha value is -1.03. The van der Waals surface area contributed by atoms with Crippen LogP contribution in [-0.4, -0.2) is 36.2 Å². The van der Waals surface area contributed by atoms with Crippen molar-refractivity contribution in [2.45, 2.75) is 20.3 Å². The Morgan fingerprint density at radius 2 is 2.23 bits per heavy atom. The van der Waals surface area contributed by atoms with Crippen molar-refractivity contribution in [3.8, 4) is 0 Å². The lowest BCUT2D eigenvalue weighted by molar-refractivity contribution is 0.193. The maximum Gasteiger partial charge on any atom is 0.321 e. The van der Waals surface area contributed by atoms with E-state index in [0.29, 0.717) is 6.54 Å². The third-order valence-electron chi connectivity index (χ3n) is 1.78. The van der Waals surface area contributed by atoms with Gasteiger partial charge in [0.1, 0.15) is 0 Å². The second-order valence-electron chi connectivity index (χ2n) is 2.94. The molecule has 0 spiro atoms. The Bertz CT molecular complexity index is 190. The quantitative estimate of drug-likeness (QED) is 0.686. The minimum Gasteiger partial charge on any atom is -0.395 e. The molecular formula is C9H18N2O2. The SMILES string of the molecule is CC/C(C)=C/NC(=O)N(C)CCO. The number of hydrogen-bond donors (Lipinski definition) is 2. The summed E-state index contributed by atoms with van der Waals surface area (Å²) in [5.74, 6) is 0. The van der Waals surface area contributed by atoms with E-state index >= 15 is 0 Å². The van der Waals surface area contributed by atoms with E-state index in [1.807, 2.05) is 13.8 Å². The third kappa shape index (κ3) is 5.25. The second kappa shape index (κ2) is 6.48. The molecule has 76 valence electrons. The number of urea groups is 1. The van der Waals surface area contributed by atoms with Crippen molar-refractivity contribution in [2.24, 2.45) is 0 Å². The van der Waals surface area contributed by atoms with Gasteiger partial charge in [-0.05, 0) is 13.3 Å². The molecule has 0 aliphatic rings. The predicted octanol–water partition coefficient (Wildman–Crippen LogP) is 0.934. The Balaban J connectivity index is 3.86. The number of amides is 2. The van der Waals surface area contributed by atoms with Crippen LogP contribution in [0.4, 0.5) is 4.79 Å². The summed E-state index contributed by atoms with van der Waals surface area (Å²) in [5.41, 5.74) is 1.12. The van der Waals surface area contributed by atoms with Gasteiger partial charge in [-0.25, -0.2) is 4.79 Å². The molecule has 0 bridgehead atoms. The third-order valence-corrected chi connectivity index (χ3v) is 1.78. The van der Waals surface area contributed by atoms with E-state index in [1.165, 1.54) is 4.90 Å². The van der Waals surface area contributed by atoms with E-state index in [9.17, 15) is 4.79 Å². The molecule has 0 aromatic rings. The minimum atomic E-state index is -0.193. The molecule has 0 atom stereocenters. The van der Waals surface area contributed by atoms with Gasteiger partial charge in [0.2, 0.25) is 0 Å². The van der Waals surface area contributed by atoms with Crippen molar-refractivity contribution in [3.63, 3.8) is 0 Å². The molecule has 4 heteroatoms. The largest absolute Gasteiger partial charge is 0.395 e. The molecule has 2 N–H and O–H groups in total. The van der Waals surface area contributed by atoms with Crippen molar-refractivity contribution in [3.05, 3.63) is 11.8 Å². The van der Waals surface area contributed by atoms with Crippen LogP contribution in [0.1, 0.15) is 20.3 Å². The normalized spacial score (nSPS) is 11.2. The number of aliphatic hydroxyl groups is 1. The maximum absolute atomic E-state index is 11.2. The zero-order valence-electron chi connectivity index (χ0n) is 8.50. The van der Waals surface area contributed by atoms with Gasteiger partial charge in [0, 0.05) is 19.8 Å². The number of likely N-dealkylation sites (N-methyl/N-ethyl adjacent to an activating group) is 1. The van der Waals surface area contributed by atoms with E-state index in [2.05, 4.69) is 5.32 Å². The molecule has 0 heterocycles. The van der Waals surface area contributed by atoms with Crippen LogP contribution in [0.25, 0.3) is 0 Å². The fraction of sp³-hybridized carbons (Fsp3) is 0.667. The van der Waals surface area contributed by atoms with Gasteiger partial charge in [-0.3, -0.25) is 0 Å². The lowest BCUT2D eigenvalue weighted by atomic mass is 10.3. The molecule has 0 saturated carbocycles. The minimum absolute atomic E-state index is 0.0135. The van der Waals surface area contributed by atoms with Crippen molar-refractivity contribution < 1.29 is 9.90 Å². The van der Waals surface area contributed by atoms with Gasteiger partial charge >= 0.3 is 6.03 Å². The summed E-state index contributed by atoms with van der Waals surface area (Å²) in [6.45, 7) is 4.31. The molecule has 0 rings (SSSR count). The molecule has 4 nitrogen and oxygen atoms in total. The lowest BCUT2D eigenvalue weighted by Gasteiger charge is -2.14. The molecule has 0 unspecified atom stereocenters. The average molecular weight is 186 g/mol. The number of hydrogen-bond acceptors (Lipinski definition) is 2. The summed E-state index contributed by atoms with van der Waals surface area (Å²) in [4.78, 5) is 12.6. The van der Waals surface area contributed by atoms with Gasteiger partial charge in [0.15, 0.2) is 0 Å². The molecule has 0 aromatic carbocycles. The van der Waals surface area contributed by atoms with Crippen molar-refractivity contribution in [1.82, 2.24) is 10.2 Å². The number of carbonyl (C=O) groups is 1. The van der Waals surface area contributed by atoms with Crippen LogP contribution in [-0.2, 0) is 0 Å². The molecular weight excluding hydrogens is 168 g/mol. The summed E-state index contributed by atoms with van der Waals surface area (Å²) in [7, 11) is 1.64. The highest BCUT2D eigenvalue weighted by Gasteiger charge is 2.04. The molecule has 13 heavy (non-hydrogen) atoms. The first-order chi connectivity index (χ1) is 6.11. The van der Waals surface area contributed by atoms with E-state index in [-0.39, 0.29) is 12.6 Å². The molecule has 0 fully saturated rings. The molecule has 0 aliphatic heterocycles. The Kier molecular flexibility index (Phi) is 5.97. The van der Waals surface area contributed by atoms with Crippen LogP contribution in [0.3, 0.4) is 0 Å². The van der Waals surface area contributed by atoms with Crippen LogP contribution < -0.4 is 5.32 Å². The van der Waals surface area contributed by atoms with Crippen LogP contribution in [0.5, 0.6) is 0 Å². The molecule has 0 saturated heterocycles. The molecule has 0 aromatic heterocycles.